The molecule has 0 aliphatic heterocycles. The molecule has 0 aromatic carbocycles. The van der Waals surface area contributed by atoms with Crippen molar-refractivity contribution in [2.45, 2.75) is 19.3 Å². The average Bonchev–Trinajstić information content (AvgIpc) is 2.26. The number of carboxylic acids is 1. The van der Waals surface area contributed by atoms with Crippen LogP contribution in [0.4, 0.5) is 0 Å². The van der Waals surface area contributed by atoms with Gasteiger partial charge in [-0.25, -0.2) is 0 Å². The lowest BCUT2D eigenvalue weighted by Gasteiger charge is -2.16. The molecule has 0 spiro atoms. The van der Waals surface area contributed by atoms with Crippen molar-refractivity contribution >= 4 is 5.97 Å². The molecule has 5 heteroatoms. The minimum atomic E-state index is -0.853. The number of aromatic nitrogens is 1. The molecule has 0 aliphatic rings. The first-order valence-corrected chi connectivity index (χ1v) is 4.87. The van der Waals surface area contributed by atoms with Crippen LogP contribution in [0, 0.1) is 0 Å². The minimum absolute atomic E-state index is 0.0245. The summed E-state index contributed by atoms with van der Waals surface area (Å²) in [6.45, 7) is 1.81. The van der Waals surface area contributed by atoms with E-state index in [1.165, 1.54) is 14.2 Å². The maximum Gasteiger partial charge on any atom is 0.303 e. The van der Waals surface area contributed by atoms with Gasteiger partial charge < -0.3 is 14.6 Å². The Morgan fingerprint density at radius 3 is 2.25 bits per heavy atom. The molecule has 0 radical (unpaired) electrons. The van der Waals surface area contributed by atoms with Crippen LogP contribution in [0.3, 0.4) is 0 Å². The highest BCUT2D eigenvalue weighted by Crippen LogP contribution is 2.35. The van der Waals surface area contributed by atoms with E-state index in [9.17, 15) is 4.79 Å². The first-order chi connectivity index (χ1) is 7.60. The van der Waals surface area contributed by atoms with E-state index in [1.54, 1.807) is 12.4 Å². The fraction of sp³-hybridized carbons (Fsp3) is 0.455. The molecule has 0 bridgehead atoms. The highest BCUT2D eigenvalue weighted by molar-refractivity contribution is 5.68. The van der Waals surface area contributed by atoms with Crippen molar-refractivity contribution in [1.82, 2.24) is 4.98 Å². The lowest BCUT2D eigenvalue weighted by Crippen LogP contribution is -2.06. The molecule has 0 saturated heterocycles. The zero-order valence-electron chi connectivity index (χ0n) is 9.56. The summed E-state index contributed by atoms with van der Waals surface area (Å²) in [4.78, 5) is 14.6. The van der Waals surface area contributed by atoms with Crippen LogP contribution in [0.15, 0.2) is 12.4 Å². The molecule has 0 fully saturated rings. The van der Waals surface area contributed by atoms with Gasteiger partial charge in [0.05, 0.1) is 33.0 Å². The van der Waals surface area contributed by atoms with Gasteiger partial charge in [-0.1, -0.05) is 6.92 Å². The van der Waals surface area contributed by atoms with Gasteiger partial charge in [-0.15, -0.1) is 0 Å². The Morgan fingerprint density at radius 2 is 1.88 bits per heavy atom. The Bertz CT molecular complexity index is 356. The van der Waals surface area contributed by atoms with Crippen molar-refractivity contribution in [3.05, 3.63) is 18.0 Å². The first-order valence-electron chi connectivity index (χ1n) is 4.87. The summed E-state index contributed by atoms with van der Waals surface area (Å²) < 4.78 is 10.3. The second-order valence-electron chi connectivity index (χ2n) is 3.46. The van der Waals surface area contributed by atoms with E-state index < -0.39 is 5.97 Å². The van der Waals surface area contributed by atoms with Gasteiger partial charge in [0.1, 0.15) is 11.5 Å². The lowest BCUT2D eigenvalue weighted by atomic mass is 9.97. The van der Waals surface area contributed by atoms with E-state index in [2.05, 4.69) is 4.98 Å². The topological polar surface area (TPSA) is 68.7 Å². The zero-order valence-corrected chi connectivity index (χ0v) is 9.56. The molecule has 0 amide bonds. The number of aliphatic carboxylic acids is 1. The predicted molar refractivity (Wildman–Crippen MR) is 58.0 cm³/mol. The van der Waals surface area contributed by atoms with Crippen LogP contribution in [-0.2, 0) is 4.79 Å². The number of nitrogens with zero attached hydrogens (tertiary/aromatic N) is 1. The standard InChI is InChI=1S/C11H15NO4/c1-7(4-10(13)14)11-8(15-2)5-12-6-9(11)16-3/h5-7H,4H2,1-3H3,(H,13,14). The molecule has 1 N–H and O–H groups in total. The SMILES string of the molecule is COc1cncc(OC)c1C(C)CC(=O)O. The van der Waals surface area contributed by atoms with Gasteiger partial charge in [0.15, 0.2) is 0 Å². The molecular weight excluding hydrogens is 210 g/mol. The molecule has 88 valence electrons. The highest BCUT2D eigenvalue weighted by Gasteiger charge is 2.19. The number of hydrogen-bond acceptors (Lipinski definition) is 4. The van der Waals surface area contributed by atoms with E-state index in [4.69, 9.17) is 14.6 Å². The van der Waals surface area contributed by atoms with Gasteiger partial charge in [-0.2, -0.15) is 0 Å². The summed E-state index contributed by atoms with van der Waals surface area (Å²) in [6, 6.07) is 0. The summed E-state index contributed by atoms with van der Waals surface area (Å²) in [6.07, 6.45) is 3.13. The predicted octanol–water partition coefficient (Wildman–Crippen LogP) is 1.68. The number of rotatable bonds is 5. The maximum absolute atomic E-state index is 10.7. The van der Waals surface area contributed by atoms with Crippen molar-refractivity contribution in [2.24, 2.45) is 0 Å². The van der Waals surface area contributed by atoms with E-state index >= 15 is 0 Å². The number of methoxy groups -OCH3 is 2. The Hall–Kier alpha value is -1.78. The minimum Gasteiger partial charge on any atom is -0.495 e. The summed E-state index contributed by atoms with van der Waals surface area (Å²) in [5.41, 5.74) is 0.738. The molecule has 0 saturated carbocycles. The molecule has 1 rings (SSSR count). The summed E-state index contributed by atoms with van der Waals surface area (Å²) in [5, 5.41) is 8.78. The lowest BCUT2D eigenvalue weighted by molar-refractivity contribution is -0.137. The van der Waals surface area contributed by atoms with E-state index in [-0.39, 0.29) is 12.3 Å². The summed E-state index contributed by atoms with van der Waals surface area (Å²) in [7, 11) is 3.04. The monoisotopic (exact) mass is 225 g/mol. The Morgan fingerprint density at radius 1 is 1.38 bits per heavy atom. The Kier molecular flexibility index (Phi) is 4.10. The summed E-state index contributed by atoms with van der Waals surface area (Å²) >= 11 is 0. The molecule has 5 nitrogen and oxygen atoms in total. The third-order valence-corrected chi connectivity index (χ3v) is 2.33. The molecular formula is C11H15NO4. The Labute approximate surface area is 94.0 Å². The van der Waals surface area contributed by atoms with Crippen molar-refractivity contribution in [1.29, 1.82) is 0 Å². The third-order valence-electron chi connectivity index (χ3n) is 2.33. The van der Waals surface area contributed by atoms with Crippen LogP contribution in [0.25, 0.3) is 0 Å². The van der Waals surface area contributed by atoms with Crippen LogP contribution in [0.2, 0.25) is 0 Å². The molecule has 1 aromatic heterocycles. The molecule has 16 heavy (non-hydrogen) atoms. The molecule has 0 aliphatic carbocycles. The van der Waals surface area contributed by atoms with E-state index in [0.717, 1.165) is 5.56 Å². The second-order valence-corrected chi connectivity index (χ2v) is 3.46. The van der Waals surface area contributed by atoms with Crippen molar-refractivity contribution in [2.75, 3.05) is 14.2 Å². The fourth-order valence-corrected chi connectivity index (χ4v) is 1.61. The third kappa shape index (κ3) is 2.62. The van der Waals surface area contributed by atoms with Gasteiger partial charge in [0.25, 0.3) is 0 Å². The largest absolute Gasteiger partial charge is 0.495 e. The normalized spacial score (nSPS) is 11.9. The highest BCUT2D eigenvalue weighted by atomic mass is 16.5. The van der Waals surface area contributed by atoms with Gasteiger partial charge in [-0.05, 0) is 5.92 Å². The van der Waals surface area contributed by atoms with Gasteiger partial charge in [0, 0.05) is 5.56 Å². The molecule has 1 atom stereocenters. The van der Waals surface area contributed by atoms with Gasteiger partial charge >= 0.3 is 5.97 Å². The van der Waals surface area contributed by atoms with Crippen molar-refractivity contribution in [3.8, 4) is 11.5 Å². The van der Waals surface area contributed by atoms with Crippen LogP contribution in [0.5, 0.6) is 11.5 Å². The number of hydrogen-bond donors (Lipinski definition) is 1. The van der Waals surface area contributed by atoms with E-state index in [1.807, 2.05) is 6.92 Å². The Balaban J connectivity index is 3.12. The van der Waals surface area contributed by atoms with Crippen LogP contribution in [0.1, 0.15) is 24.8 Å². The quantitative estimate of drug-likeness (QED) is 0.825. The van der Waals surface area contributed by atoms with E-state index in [0.29, 0.717) is 11.5 Å². The maximum atomic E-state index is 10.7. The van der Waals surface area contributed by atoms with Gasteiger partial charge in [0.2, 0.25) is 0 Å². The average molecular weight is 225 g/mol. The van der Waals surface area contributed by atoms with Crippen molar-refractivity contribution < 1.29 is 19.4 Å². The number of pyridine rings is 1. The summed E-state index contributed by atoms with van der Waals surface area (Å²) in [5.74, 6) is 0.0556. The number of carboxylic acid groups (broad SMARTS) is 1. The van der Waals surface area contributed by atoms with Gasteiger partial charge in [-0.3, -0.25) is 9.78 Å². The van der Waals surface area contributed by atoms with Crippen molar-refractivity contribution in [3.63, 3.8) is 0 Å². The van der Waals surface area contributed by atoms with Crippen LogP contribution >= 0.6 is 0 Å². The number of carbonyl (C=O) groups is 1. The van der Waals surface area contributed by atoms with Crippen LogP contribution < -0.4 is 9.47 Å². The molecule has 1 aromatic rings. The number of ether oxygens (including phenoxy) is 2. The zero-order chi connectivity index (χ0) is 12.1. The molecule has 1 unspecified atom stereocenters. The first kappa shape index (κ1) is 12.3. The fourth-order valence-electron chi connectivity index (χ4n) is 1.61. The smallest absolute Gasteiger partial charge is 0.303 e. The van der Waals surface area contributed by atoms with Crippen LogP contribution in [-0.4, -0.2) is 30.3 Å². The second kappa shape index (κ2) is 5.34. The molecule has 1 heterocycles.